The zero-order chi connectivity index (χ0) is 12.4. The molecule has 0 bridgehead atoms. The molecular formula is C14H19ClN2. The van der Waals surface area contributed by atoms with Gasteiger partial charge in [-0.3, -0.25) is 4.42 Å². The fourth-order valence-electron chi connectivity index (χ4n) is 2.29. The van der Waals surface area contributed by atoms with Crippen molar-refractivity contribution in [2.45, 2.75) is 26.8 Å². The molecule has 92 valence electrons. The van der Waals surface area contributed by atoms with E-state index in [1.807, 2.05) is 6.20 Å². The highest BCUT2D eigenvalue weighted by atomic mass is 35.5. The lowest BCUT2D eigenvalue weighted by Crippen LogP contribution is -2.22. The maximum absolute atomic E-state index is 6.09. The zero-order valence-electron chi connectivity index (χ0n) is 10.7. The molecule has 1 heterocycles. The van der Waals surface area contributed by atoms with Gasteiger partial charge >= 0.3 is 0 Å². The lowest BCUT2D eigenvalue weighted by atomic mass is 9.98. The highest BCUT2D eigenvalue weighted by Gasteiger charge is 2.18. The van der Waals surface area contributed by atoms with E-state index in [4.69, 9.17) is 11.8 Å². The Labute approximate surface area is 109 Å². The molecule has 0 saturated heterocycles. The van der Waals surface area contributed by atoms with Gasteiger partial charge in [-0.1, -0.05) is 6.07 Å². The lowest BCUT2D eigenvalue weighted by Gasteiger charge is -2.28. The van der Waals surface area contributed by atoms with Gasteiger partial charge in [-0.2, -0.15) is 0 Å². The van der Waals surface area contributed by atoms with Gasteiger partial charge in [0.2, 0.25) is 0 Å². The van der Waals surface area contributed by atoms with Crippen molar-refractivity contribution in [2.75, 3.05) is 18.0 Å². The summed E-state index contributed by atoms with van der Waals surface area (Å²) in [6, 6.07) is 6.86. The van der Waals surface area contributed by atoms with Crippen LogP contribution in [0, 0.1) is 0 Å². The van der Waals surface area contributed by atoms with Crippen LogP contribution in [0.5, 0.6) is 0 Å². The molecule has 1 aliphatic heterocycles. The molecule has 3 heteroatoms. The van der Waals surface area contributed by atoms with E-state index in [0.29, 0.717) is 0 Å². The molecule has 0 aromatic heterocycles. The lowest BCUT2D eigenvalue weighted by molar-refractivity contribution is 0.474. The third-order valence-electron chi connectivity index (χ3n) is 3.42. The fourth-order valence-corrected chi connectivity index (χ4v) is 2.45. The first-order valence-electron chi connectivity index (χ1n) is 6.18. The summed E-state index contributed by atoms with van der Waals surface area (Å²) in [6.07, 6.45) is 4.01. The van der Waals surface area contributed by atoms with Crippen LogP contribution in [0.15, 0.2) is 24.4 Å². The van der Waals surface area contributed by atoms with E-state index < -0.39 is 0 Å². The summed E-state index contributed by atoms with van der Waals surface area (Å²) in [5.41, 5.74) is 3.85. The average molecular weight is 251 g/mol. The van der Waals surface area contributed by atoms with Crippen molar-refractivity contribution in [3.63, 3.8) is 0 Å². The van der Waals surface area contributed by atoms with E-state index in [2.05, 4.69) is 49.9 Å². The third kappa shape index (κ3) is 2.27. The number of benzene rings is 1. The second kappa shape index (κ2) is 5.01. The van der Waals surface area contributed by atoms with Gasteiger partial charge in [0.1, 0.15) is 0 Å². The van der Waals surface area contributed by atoms with Gasteiger partial charge in [0.25, 0.3) is 0 Å². The molecule has 0 aliphatic carbocycles. The van der Waals surface area contributed by atoms with Crippen molar-refractivity contribution >= 4 is 23.5 Å². The summed E-state index contributed by atoms with van der Waals surface area (Å²) in [5, 5.41) is 0. The van der Waals surface area contributed by atoms with E-state index in [9.17, 15) is 0 Å². The molecule has 1 unspecified atom stereocenters. The van der Waals surface area contributed by atoms with Crippen LogP contribution in [-0.2, 0) is 0 Å². The molecule has 0 amide bonds. The maximum Gasteiger partial charge on any atom is 0.0679 e. The minimum atomic E-state index is 0.238. The number of halogens is 1. The predicted molar refractivity (Wildman–Crippen MR) is 75.1 cm³/mol. The number of nitrogens with zero attached hydrogens (tertiary/aromatic N) is 2. The molecule has 2 rings (SSSR count). The van der Waals surface area contributed by atoms with Gasteiger partial charge in [0.15, 0.2) is 0 Å². The number of hydrogen-bond acceptors (Lipinski definition) is 2. The van der Waals surface area contributed by atoms with Crippen LogP contribution >= 0.6 is 11.8 Å². The number of hydrogen-bond donors (Lipinski definition) is 0. The van der Waals surface area contributed by atoms with Crippen LogP contribution in [0.4, 0.5) is 5.69 Å². The predicted octanol–water partition coefficient (Wildman–Crippen LogP) is 4.03. The Balaban J connectivity index is 2.37. The fraction of sp³-hybridized carbons (Fsp3) is 0.429. The van der Waals surface area contributed by atoms with Gasteiger partial charge in [0, 0.05) is 36.8 Å². The molecule has 0 saturated carbocycles. The second-order valence-corrected chi connectivity index (χ2v) is 4.71. The van der Waals surface area contributed by atoms with Gasteiger partial charge in [0.05, 0.1) is 6.04 Å². The van der Waals surface area contributed by atoms with Gasteiger partial charge in [-0.15, -0.1) is 0 Å². The summed E-state index contributed by atoms with van der Waals surface area (Å²) in [6.45, 7) is 8.56. The van der Waals surface area contributed by atoms with Crippen LogP contribution in [0.3, 0.4) is 0 Å². The smallest absolute Gasteiger partial charge is 0.0679 e. The van der Waals surface area contributed by atoms with Crippen molar-refractivity contribution in [1.29, 1.82) is 0 Å². The van der Waals surface area contributed by atoms with Crippen molar-refractivity contribution in [1.82, 2.24) is 4.42 Å². The Morgan fingerprint density at radius 1 is 1.29 bits per heavy atom. The Kier molecular flexibility index (Phi) is 3.63. The van der Waals surface area contributed by atoms with Crippen LogP contribution in [-0.4, -0.2) is 17.5 Å². The van der Waals surface area contributed by atoms with Crippen molar-refractivity contribution < 1.29 is 0 Å². The monoisotopic (exact) mass is 250 g/mol. The van der Waals surface area contributed by atoms with E-state index in [0.717, 1.165) is 13.1 Å². The zero-order valence-corrected chi connectivity index (χ0v) is 11.4. The topological polar surface area (TPSA) is 6.48 Å². The molecule has 1 atom stereocenters. The first-order valence-corrected chi connectivity index (χ1v) is 6.52. The SMILES string of the molecule is CCN(CC)c1ccc2c(c1)C=CN(Cl)C2C. The van der Waals surface area contributed by atoms with Gasteiger partial charge in [-0.25, -0.2) is 0 Å². The summed E-state index contributed by atoms with van der Waals surface area (Å²) in [4.78, 5) is 2.35. The quantitative estimate of drug-likeness (QED) is 0.748. The van der Waals surface area contributed by atoms with Crippen LogP contribution < -0.4 is 4.90 Å². The molecular weight excluding hydrogens is 232 g/mol. The minimum Gasteiger partial charge on any atom is -0.372 e. The third-order valence-corrected chi connectivity index (χ3v) is 3.82. The number of rotatable bonds is 3. The maximum atomic E-state index is 6.09. The van der Waals surface area contributed by atoms with E-state index >= 15 is 0 Å². The Hall–Kier alpha value is -1.15. The first kappa shape index (κ1) is 12.3. The number of anilines is 1. The minimum absolute atomic E-state index is 0.238. The van der Waals surface area contributed by atoms with Gasteiger partial charge in [-0.05, 0) is 50.1 Å². The van der Waals surface area contributed by atoms with Gasteiger partial charge < -0.3 is 4.90 Å². The Morgan fingerprint density at radius 2 is 2.00 bits per heavy atom. The van der Waals surface area contributed by atoms with Crippen LogP contribution in [0.1, 0.15) is 37.9 Å². The second-order valence-electron chi connectivity index (χ2n) is 4.32. The summed E-state index contributed by atoms with van der Waals surface area (Å²) in [5.74, 6) is 0. The largest absolute Gasteiger partial charge is 0.372 e. The van der Waals surface area contributed by atoms with E-state index in [1.54, 1.807) is 4.42 Å². The first-order chi connectivity index (χ1) is 8.17. The van der Waals surface area contributed by atoms with Crippen molar-refractivity contribution in [3.05, 3.63) is 35.5 Å². The molecule has 0 N–H and O–H groups in total. The van der Waals surface area contributed by atoms with Crippen LogP contribution in [0.2, 0.25) is 0 Å². The standard InChI is InChI=1S/C14H19ClN2/c1-4-16(5-2)13-6-7-14-11(3)17(15)9-8-12(14)10-13/h6-11H,4-5H2,1-3H3. The summed E-state index contributed by atoms with van der Waals surface area (Å²) >= 11 is 6.09. The van der Waals surface area contributed by atoms with Crippen molar-refractivity contribution in [3.8, 4) is 0 Å². The summed E-state index contributed by atoms with van der Waals surface area (Å²) in [7, 11) is 0. The van der Waals surface area contributed by atoms with E-state index in [-0.39, 0.29) is 6.04 Å². The molecule has 0 radical (unpaired) electrons. The molecule has 0 fully saturated rings. The Bertz CT molecular complexity index is 424. The average Bonchev–Trinajstić information content (AvgIpc) is 2.35. The molecule has 17 heavy (non-hydrogen) atoms. The molecule has 1 aromatic carbocycles. The van der Waals surface area contributed by atoms with E-state index in [1.165, 1.54) is 16.8 Å². The highest BCUT2D eigenvalue weighted by molar-refractivity contribution is 6.14. The normalized spacial score (nSPS) is 18.1. The summed E-state index contributed by atoms with van der Waals surface area (Å²) < 4.78 is 1.72. The van der Waals surface area contributed by atoms with Crippen LogP contribution in [0.25, 0.3) is 6.08 Å². The molecule has 0 spiro atoms. The molecule has 1 aliphatic rings. The van der Waals surface area contributed by atoms with Crippen molar-refractivity contribution in [2.24, 2.45) is 0 Å². The molecule has 2 nitrogen and oxygen atoms in total. The Morgan fingerprint density at radius 3 is 2.65 bits per heavy atom. The highest BCUT2D eigenvalue weighted by Crippen LogP contribution is 2.33. The number of fused-ring (bicyclic) bond motifs is 1. The molecule has 1 aromatic rings.